The van der Waals surface area contributed by atoms with Crippen LogP contribution >= 0.6 is 0 Å². The number of halogens is 2. The highest BCUT2D eigenvalue weighted by molar-refractivity contribution is 5.96. The quantitative estimate of drug-likeness (QED) is 0.883. The van der Waals surface area contributed by atoms with Gasteiger partial charge in [-0.2, -0.15) is 0 Å². The van der Waals surface area contributed by atoms with Crippen molar-refractivity contribution < 1.29 is 23.1 Å². The van der Waals surface area contributed by atoms with E-state index in [2.05, 4.69) is 10.1 Å². The van der Waals surface area contributed by atoms with Gasteiger partial charge in [0.1, 0.15) is 11.6 Å². The lowest BCUT2D eigenvalue weighted by atomic mass is 10.2. The largest absolute Gasteiger partial charge is 0.452 e. The summed E-state index contributed by atoms with van der Waals surface area (Å²) in [6.07, 6.45) is 0. The molecule has 6 heteroatoms. The number of nitrogens with one attached hydrogen (secondary N) is 1. The van der Waals surface area contributed by atoms with Gasteiger partial charge in [-0.05, 0) is 36.8 Å². The van der Waals surface area contributed by atoms with Gasteiger partial charge in [-0.25, -0.2) is 13.6 Å². The van der Waals surface area contributed by atoms with Crippen molar-refractivity contribution >= 4 is 17.6 Å². The van der Waals surface area contributed by atoms with E-state index in [1.165, 1.54) is 0 Å². The van der Waals surface area contributed by atoms with E-state index in [4.69, 9.17) is 0 Å². The van der Waals surface area contributed by atoms with Gasteiger partial charge in [0.25, 0.3) is 5.91 Å². The van der Waals surface area contributed by atoms with Crippen LogP contribution in [0.4, 0.5) is 14.5 Å². The molecule has 0 aliphatic heterocycles. The van der Waals surface area contributed by atoms with Crippen LogP contribution in [0.1, 0.15) is 15.9 Å². The summed E-state index contributed by atoms with van der Waals surface area (Å²) >= 11 is 0. The lowest BCUT2D eigenvalue weighted by molar-refractivity contribution is -0.119. The highest BCUT2D eigenvalue weighted by atomic mass is 19.1. The van der Waals surface area contributed by atoms with Crippen LogP contribution in [0.25, 0.3) is 0 Å². The van der Waals surface area contributed by atoms with Gasteiger partial charge < -0.3 is 10.1 Å². The monoisotopic (exact) mass is 305 g/mol. The fourth-order valence-electron chi connectivity index (χ4n) is 1.76. The van der Waals surface area contributed by atoms with Crippen LogP contribution in [0.3, 0.4) is 0 Å². The molecule has 0 unspecified atom stereocenters. The van der Waals surface area contributed by atoms with Crippen LogP contribution in [-0.4, -0.2) is 18.5 Å². The van der Waals surface area contributed by atoms with E-state index in [-0.39, 0.29) is 0 Å². The zero-order valence-electron chi connectivity index (χ0n) is 11.7. The highest BCUT2D eigenvalue weighted by Gasteiger charge is 2.16. The van der Waals surface area contributed by atoms with Crippen molar-refractivity contribution in [3.8, 4) is 0 Å². The Bertz CT molecular complexity index is 716. The zero-order chi connectivity index (χ0) is 16.1. The van der Waals surface area contributed by atoms with Crippen molar-refractivity contribution in [2.45, 2.75) is 6.92 Å². The normalized spacial score (nSPS) is 10.1. The van der Waals surface area contributed by atoms with Gasteiger partial charge in [0.15, 0.2) is 6.61 Å². The topological polar surface area (TPSA) is 55.4 Å². The van der Waals surface area contributed by atoms with Crippen molar-refractivity contribution in [3.63, 3.8) is 0 Å². The molecule has 0 aromatic heterocycles. The number of hydrogen-bond acceptors (Lipinski definition) is 3. The highest BCUT2D eigenvalue weighted by Crippen LogP contribution is 2.13. The summed E-state index contributed by atoms with van der Waals surface area (Å²) in [7, 11) is 0. The van der Waals surface area contributed by atoms with Gasteiger partial charge in [0, 0.05) is 5.69 Å². The van der Waals surface area contributed by atoms with E-state index >= 15 is 0 Å². The maximum Gasteiger partial charge on any atom is 0.341 e. The third-order valence-electron chi connectivity index (χ3n) is 2.90. The Hall–Kier alpha value is -2.76. The summed E-state index contributed by atoms with van der Waals surface area (Å²) < 4.78 is 31.0. The Morgan fingerprint density at radius 3 is 2.59 bits per heavy atom. The number of carbonyl (C=O) groups is 2. The number of ether oxygens (including phenoxy) is 1. The molecule has 0 saturated carbocycles. The first-order valence-corrected chi connectivity index (χ1v) is 6.45. The minimum atomic E-state index is -1.10. The van der Waals surface area contributed by atoms with Gasteiger partial charge in [-0.3, -0.25) is 4.79 Å². The number of para-hydroxylation sites is 1. The summed E-state index contributed by atoms with van der Waals surface area (Å²) in [5, 5.41) is 2.56. The third kappa shape index (κ3) is 3.88. The number of rotatable bonds is 4. The predicted octanol–water partition coefficient (Wildman–Crippen LogP) is 3.07. The number of carbonyl (C=O) groups excluding carboxylic acids is 2. The smallest absolute Gasteiger partial charge is 0.341 e. The molecule has 0 bridgehead atoms. The fraction of sp³-hybridized carbons (Fsp3) is 0.125. The van der Waals surface area contributed by atoms with E-state index in [1.807, 2.05) is 19.1 Å². The molecule has 2 aromatic rings. The number of amides is 1. The van der Waals surface area contributed by atoms with E-state index in [9.17, 15) is 18.4 Å². The van der Waals surface area contributed by atoms with E-state index in [0.29, 0.717) is 5.69 Å². The van der Waals surface area contributed by atoms with Crippen LogP contribution in [0.15, 0.2) is 42.5 Å². The first-order chi connectivity index (χ1) is 10.5. The molecule has 0 aliphatic rings. The zero-order valence-corrected chi connectivity index (χ0v) is 11.7. The second-order valence-corrected chi connectivity index (χ2v) is 4.56. The minimum Gasteiger partial charge on any atom is -0.452 e. The Morgan fingerprint density at radius 2 is 1.86 bits per heavy atom. The average Bonchev–Trinajstić information content (AvgIpc) is 2.49. The molecule has 0 spiro atoms. The molecule has 114 valence electrons. The van der Waals surface area contributed by atoms with Crippen LogP contribution in [0.5, 0.6) is 0 Å². The summed E-state index contributed by atoms with van der Waals surface area (Å²) in [6.45, 7) is 1.22. The van der Waals surface area contributed by atoms with Crippen molar-refractivity contribution in [2.75, 3.05) is 11.9 Å². The summed E-state index contributed by atoms with van der Waals surface area (Å²) in [4.78, 5) is 23.3. The molecule has 0 aliphatic carbocycles. The number of aryl methyl sites for hydroxylation is 1. The number of hydrogen-bond donors (Lipinski definition) is 1. The SMILES string of the molecule is Cc1ccccc1NC(=O)COC(=O)c1cc(F)ccc1F. The summed E-state index contributed by atoms with van der Waals surface area (Å²) in [5.41, 5.74) is 0.877. The summed E-state index contributed by atoms with van der Waals surface area (Å²) in [5.74, 6) is -3.35. The first kappa shape index (κ1) is 15.6. The van der Waals surface area contributed by atoms with E-state index in [1.54, 1.807) is 12.1 Å². The molecule has 0 atom stereocenters. The van der Waals surface area contributed by atoms with Crippen molar-refractivity contribution in [1.29, 1.82) is 0 Å². The van der Waals surface area contributed by atoms with Crippen molar-refractivity contribution in [3.05, 3.63) is 65.2 Å². The van der Waals surface area contributed by atoms with Gasteiger partial charge in [-0.1, -0.05) is 18.2 Å². The molecule has 4 nitrogen and oxygen atoms in total. The maximum atomic E-state index is 13.4. The molecule has 0 fully saturated rings. The number of benzene rings is 2. The molecule has 0 heterocycles. The predicted molar refractivity (Wildman–Crippen MR) is 76.4 cm³/mol. The molecule has 0 saturated heterocycles. The van der Waals surface area contributed by atoms with Gasteiger partial charge in [-0.15, -0.1) is 0 Å². The second-order valence-electron chi connectivity index (χ2n) is 4.56. The second kappa shape index (κ2) is 6.80. The summed E-state index contributed by atoms with van der Waals surface area (Å²) in [6, 6.07) is 9.49. The molecular formula is C16H13F2NO3. The van der Waals surface area contributed by atoms with Gasteiger partial charge >= 0.3 is 5.97 Å². The lowest BCUT2D eigenvalue weighted by Gasteiger charge is -2.09. The fourth-order valence-corrected chi connectivity index (χ4v) is 1.76. The molecular weight excluding hydrogens is 292 g/mol. The molecule has 22 heavy (non-hydrogen) atoms. The standard InChI is InChI=1S/C16H13F2NO3/c1-10-4-2-3-5-14(10)19-15(20)9-22-16(21)12-8-11(17)6-7-13(12)18/h2-8H,9H2,1H3,(H,19,20). The molecule has 1 N–H and O–H groups in total. The third-order valence-corrected chi connectivity index (χ3v) is 2.90. The van der Waals surface area contributed by atoms with Crippen molar-refractivity contribution in [1.82, 2.24) is 0 Å². The van der Waals surface area contributed by atoms with Gasteiger partial charge in [0.2, 0.25) is 0 Å². The van der Waals surface area contributed by atoms with Crippen LogP contribution < -0.4 is 5.32 Å². The Kier molecular flexibility index (Phi) is 4.83. The molecule has 2 rings (SSSR count). The molecule has 1 amide bonds. The molecule has 2 aromatic carbocycles. The first-order valence-electron chi connectivity index (χ1n) is 6.45. The minimum absolute atomic E-state index is 0.552. The van der Waals surface area contributed by atoms with Gasteiger partial charge in [0.05, 0.1) is 5.56 Å². The van der Waals surface area contributed by atoms with Crippen molar-refractivity contribution in [2.24, 2.45) is 0 Å². The van der Waals surface area contributed by atoms with E-state index in [0.717, 1.165) is 23.8 Å². The van der Waals surface area contributed by atoms with Crippen LogP contribution in [0, 0.1) is 18.6 Å². The average molecular weight is 305 g/mol. The Labute approximate surface area is 125 Å². The maximum absolute atomic E-state index is 13.4. The lowest BCUT2D eigenvalue weighted by Crippen LogP contribution is -2.21. The van der Waals surface area contributed by atoms with Crippen LogP contribution in [0.2, 0.25) is 0 Å². The number of esters is 1. The Balaban J connectivity index is 1.95. The number of anilines is 1. The van der Waals surface area contributed by atoms with E-state index < -0.39 is 35.7 Å². The Morgan fingerprint density at radius 1 is 1.14 bits per heavy atom. The molecule has 0 radical (unpaired) electrons. The van der Waals surface area contributed by atoms with Crippen LogP contribution in [-0.2, 0) is 9.53 Å².